The molecule has 164 valence electrons. The van der Waals surface area contributed by atoms with E-state index in [4.69, 9.17) is 4.74 Å². The largest absolute Gasteiger partial charge is 0.383 e. The molecule has 1 aromatic carbocycles. The van der Waals surface area contributed by atoms with Crippen LogP contribution in [0.4, 0.5) is 4.39 Å². The van der Waals surface area contributed by atoms with E-state index in [9.17, 15) is 14.0 Å². The topological polar surface area (TPSA) is 63.9 Å². The number of fused-ring (bicyclic) bond motifs is 1. The summed E-state index contributed by atoms with van der Waals surface area (Å²) in [7, 11) is 1.61. The smallest absolute Gasteiger partial charge is 0.258 e. The van der Waals surface area contributed by atoms with E-state index in [2.05, 4.69) is 18.8 Å². The van der Waals surface area contributed by atoms with Gasteiger partial charge in [0.05, 0.1) is 28.3 Å². The van der Waals surface area contributed by atoms with Crippen molar-refractivity contribution in [2.24, 2.45) is 16.8 Å². The molecule has 1 aliphatic heterocycles. The number of hydrogen-bond donors (Lipinski definition) is 0. The predicted octanol–water partition coefficient (Wildman–Crippen LogP) is 3.15. The van der Waals surface area contributed by atoms with Crippen LogP contribution in [0.1, 0.15) is 20.3 Å². The predicted molar refractivity (Wildman–Crippen MR) is 119 cm³/mol. The molecule has 0 radical (unpaired) electrons. The van der Waals surface area contributed by atoms with Crippen LogP contribution in [0.25, 0.3) is 10.2 Å². The molecular weight excluding hydrogens is 425 g/mol. The van der Waals surface area contributed by atoms with Gasteiger partial charge in [0, 0.05) is 26.7 Å². The molecule has 0 saturated carbocycles. The maximum absolute atomic E-state index is 13.6. The van der Waals surface area contributed by atoms with Crippen molar-refractivity contribution in [3.05, 3.63) is 28.8 Å². The monoisotopic (exact) mass is 453 g/mol. The Morgan fingerprint density at radius 2 is 2.00 bits per heavy atom. The number of ether oxygens (including phenoxy) is 1. The van der Waals surface area contributed by atoms with E-state index in [0.717, 1.165) is 29.7 Å². The van der Waals surface area contributed by atoms with Crippen LogP contribution in [-0.2, 0) is 20.9 Å². The third-order valence-corrected chi connectivity index (χ3v) is 7.00. The third-order valence-electron chi connectivity index (χ3n) is 5.06. The van der Waals surface area contributed by atoms with Crippen LogP contribution in [0.2, 0.25) is 0 Å². The molecule has 30 heavy (non-hydrogen) atoms. The number of piperidine rings is 1. The maximum atomic E-state index is 13.6. The van der Waals surface area contributed by atoms with Gasteiger partial charge in [0.15, 0.2) is 4.80 Å². The summed E-state index contributed by atoms with van der Waals surface area (Å²) < 4.78 is 21.3. The van der Waals surface area contributed by atoms with E-state index >= 15 is 0 Å². The molecule has 0 bridgehead atoms. The van der Waals surface area contributed by atoms with E-state index in [1.807, 2.05) is 9.47 Å². The molecule has 1 aromatic heterocycles. The fraction of sp³-hybridized carbons (Fsp3) is 0.571. The number of carbonyl (C=O) groups excluding carboxylic acids is 2. The average Bonchev–Trinajstić information content (AvgIpc) is 3.01. The van der Waals surface area contributed by atoms with Gasteiger partial charge in [0.1, 0.15) is 5.82 Å². The number of amides is 2. The van der Waals surface area contributed by atoms with Gasteiger partial charge in [-0.05, 0) is 36.5 Å². The molecule has 2 aromatic rings. The number of thioether (sulfide) groups is 1. The van der Waals surface area contributed by atoms with Crippen LogP contribution in [0.3, 0.4) is 0 Å². The van der Waals surface area contributed by atoms with Gasteiger partial charge in [-0.3, -0.25) is 9.59 Å². The molecule has 9 heteroatoms. The zero-order valence-corrected chi connectivity index (χ0v) is 19.2. The Labute approximate surface area is 184 Å². The third kappa shape index (κ3) is 5.92. The minimum atomic E-state index is -0.323. The molecule has 0 aliphatic carbocycles. The number of methoxy groups -OCH3 is 1. The van der Waals surface area contributed by atoms with Gasteiger partial charge in [-0.15, -0.1) is 11.8 Å². The quantitative estimate of drug-likeness (QED) is 0.646. The minimum Gasteiger partial charge on any atom is -0.383 e. The Morgan fingerprint density at radius 3 is 2.70 bits per heavy atom. The van der Waals surface area contributed by atoms with Crippen molar-refractivity contribution in [2.75, 3.05) is 38.3 Å². The van der Waals surface area contributed by atoms with Crippen molar-refractivity contribution in [3.8, 4) is 0 Å². The summed E-state index contributed by atoms with van der Waals surface area (Å²) in [5, 5.41) is 0. The Morgan fingerprint density at radius 1 is 1.27 bits per heavy atom. The number of rotatable bonds is 7. The minimum absolute atomic E-state index is 0.0821. The van der Waals surface area contributed by atoms with E-state index in [1.165, 1.54) is 35.2 Å². The molecular formula is C21H28FN3O3S2. The number of benzene rings is 1. The van der Waals surface area contributed by atoms with Crippen LogP contribution in [-0.4, -0.2) is 59.6 Å². The first-order valence-electron chi connectivity index (χ1n) is 10.1. The van der Waals surface area contributed by atoms with Gasteiger partial charge in [0.2, 0.25) is 5.91 Å². The molecule has 2 atom stereocenters. The summed E-state index contributed by atoms with van der Waals surface area (Å²) in [6.07, 6.45) is 1.15. The number of aromatic nitrogens is 1. The standard InChI is InChI=1S/C21H28FN3O3S2/c1-14-8-15(2)11-24(10-14)20(27)13-29-12-19(26)23-21-25(6-7-28-3)17-5-4-16(22)9-18(17)30-21/h4-5,9,14-15H,6-8,10-13H2,1-3H3. The Kier molecular flexibility index (Phi) is 8.07. The number of thiazole rings is 1. The Hall–Kier alpha value is -1.71. The highest BCUT2D eigenvalue weighted by Gasteiger charge is 2.25. The van der Waals surface area contributed by atoms with Crippen LogP contribution in [0.15, 0.2) is 23.2 Å². The summed E-state index contributed by atoms with van der Waals surface area (Å²) in [6, 6.07) is 4.53. The van der Waals surface area contributed by atoms with Crippen LogP contribution >= 0.6 is 23.1 Å². The lowest BCUT2D eigenvalue weighted by atomic mass is 9.92. The van der Waals surface area contributed by atoms with Crippen LogP contribution in [0, 0.1) is 17.7 Å². The molecule has 1 saturated heterocycles. The fourth-order valence-corrected chi connectivity index (χ4v) is 5.65. The first-order valence-corrected chi connectivity index (χ1v) is 12.1. The van der Waals surface area contributed by atoms with Crippen molar-refractivity contribution in [1.29, 1.82) is 0 Å². The molecule has 0 spiro atoms. The molecule has 3 rings (SSSR count). The number of carbonyl (C=O) groups is 2. The number of likely N-dealkylation sites (tertiary alicyclic amines) is 1. The van der Waals surface area contributed by atoms with Crippen molar-refractivity contribution in [3.63, 3.8) is 0 Å². The molecule has 6 nitrogen and oxygen atoms in total. The zero-order chi connectivity index (χ0) is 21.7. The molecule has 2 heterocycles. The highest BCUT2D eigenvalue weighted by molar-refractivity contribution is 8.00. The molecule has 2 amide bonds. The molecule has 1 aliphatic rings. The maximum Gasteiger partial charge on any atom is 0.258 e. The normalized spacial score (nSPS) is 20.1. The van der Waals surface area contributed by atoms with Gasteiger partial charge >= 0.3 is 0 Å². The summed E-state index contributed by atoms with van der Waals surface area (Å²) in [4.78, 5) is 31.5. The Bertz CT molecular complexity index is 962. The lowest BCUT2D eigenvalue weighted by molar-refractivity contribution is -0.130. The zero-order valence-electron chi connectivity index (χ0n) is 17.6. The fourth-order valence-electron chi connectivity index (χ4n) is 3.85. The molecule has 2 unspecified atom stereocenters. The number of nitrogens with zero attached hydrogens (tertiary/aromatic N) is 3. The van der Waals surface area contributed by atoms with Crippen LogP contribution in [0.5, 0.6) is 0 Å². The number of hydrogen-bond acceptors (Lipinski definition) is 5. The first-order chi connectivity index (χ1) is 14.4. The lowest BCUT2D eigenvalue weighted by Crippen LogP contribution is -2.43. The second-order valence-electron chi connectivity index (χ2n) is 7.88. The van der Waals surface area contributed by atoms with E-state index in [-0.39, 0.29) is 29.1 Å². The summed E-state index contributed by atoms with van der Waals surface area (Å²) in [5.74, 6) is 0.903. The van der Waals surface area contributed by atoms with Gasteiger partial charge in [-0.2, -0.15) is 4.99 Å². The van der Waals surface area contributed by atoms with Crippen molar-refractivity contribution >= 4 is 45.1 Å². The van der Waals surface area contributed by atoms with Crippen molar-refractivity contribution in [1.82, 2.24) is 9.47 Å². The lowest BCUT2D eigenvalue weighted by Gasteiger charge is -2.35. The van der Waals surface area contributed by atoms with E-state index < -0.39 is 0 Å². The van der Waals surface area contributed by atoms with Gasteiger partial charge in [-0.1, -0.05) is 25.2 Å². The summed E-state index contributed by atoms with van der Waals surface area (Å²) in [5.41, 5.74) is 0.821. The molecule has 1 fully saturated rings. The number of halogens is 1. The van der Waals surface area contributed by atoms with Crippen LogP contribution < -0.4 is 4.80 Å². The summed E-state index contributed by atoms with van der Waals surface area (Å²) in [6.45, 7) is 6.90. The summed E-state index contributed by atoms with van der Waals surface area (Å²) >= 11 is 2.57. The van der Waals surface area contributed by atoms with Gasteiger partial charge < -0.3 is 14.2 Å². The SMILES string of the molecule is COCCn1c(=NC(=O)CSCC(=O)N2CC(C)CC(C)C2)sc2cc(F)ccc21. The molecule has 0 N–H and O–H groups in total. The van der Waals surface area contributed by atoms with Crippen molar-refractivity contribution in [2.45, 2.75) is 26.8 Å². The second-order valence-corrected chi connectivity index (χ2v) is 9.88. The van der Waals surface area contributed by atoms with E-state index in [0.29, 0.717) is 29.8 Å². The second kappa shape index (κ2) is 10.5. The first kappa shape index (κ1) is 23.0. The van der Waals surface area contributed by atoms with Gasteiger partial charge in [0.25, 0.3) is 5.91 Å². The van der Waals surface area contributed by atoms with Crippen molar-refractivity contribution < 1.29 is 18.7 Å². The van der Waals surface area contributed by atoms with E-state index in [1.54, 1.807) is 13.2 Å². The average molecular weight is 454 g/mol. The Balaban J connectivity index is 1.64. The highest BCUT2D eigenvalue weighted by atomic mass is 32.2. The highest BCUT2D eigenvalue weighted by Crippen LogP contribution is 2.22. The van der Waals surface area contributed by atoms with Gasteiger partial charge in [-0.25, -0.2) is 4.39 Å².